The van der Waals surface area contributed by atoms with Crippen molar-refractivity contribution in [3.63, 3.8) is 0 Å². The maximum atomic E-state index is 13.8. The minimum Gasteiger partial charge on any atom is -0.497 e. The zero-order valence-corrected chi connectivity index (χ0v) is 19.9. The Bertz CT molecular complexity index is 1120. The fourth-order valence-corrected chi connectivity index (χ4v) is 4.27. The summed E-state index contributed by atoms with van der Waals surface area (Å²) in [5.41, 5.74) is 3.99. The Morgan fingerprint density at radius 1 is 0.912 bits per heavy atom. The first-order valence-electron chi connectivity index (χ1n) is 11.7. The molecule has 1 fully saturated rings. The van der Waals surface area contributed by atoms with Gasteiger partial charge in [-0.25, -0.2) is 4.39 Å². The largest absolute Gasteiger partial charge is 0.497 e. The van der Waals surface area contributed by atoms with E-state index in [4.69, 9.17) is 4.74 Å². The number of aryl methyl sites for hydroxylation is 1. The van der Waals surface area contributed by atoms with E-state index in [1.54, 1.807) is 32.2 Å². The lowest BCUT2D eigenvalue weighted by Crippen LogP contribution is -2.30. The highest BCUT2D eigenvalue weighted by atomic mass is 19.1. The lowest BCUT2D eigenvalue weighted by molar-refractivity contribution is 0.102. The zero-order valence-electron chi connectivity index (χ0n) is 19.9. The lowest BCUT2D eigenvalue weighted by Gasteiger charge is -2.22. The first-order chi connectivity index (χ1) is 16.5. The van der Waals surface area contributed by atoms with Crippen LogP contribution in [-0.2, 0) is 13.1 Å². The van der Waals surface area contributed by atoms with E-state index in [0.29, 0.717) is 16.8 Å². The van der Waals surface area contributed by atoms with Crippen molar-refractivity contribution in [2.75, 3.05) is 38.6 Å². The van der Waals surface area contributed by atoms with Gasteiger partial charge in [0.25, 0.3) is 5.91 Å². The molecule has 1 aliphatic heterocycles. The van der Waals surface area contributed by atoms with Gasteiger partial charge in [0.05, 0.1) is 7.11 Å². The standard InChI is InChI=1S/C28H32FN3O2/c1-21-7-10-25(18-27(21)29)30-28(33)24-6-3-5-23(17-24)20-32-14-4-13-31(15-16-32)19-22-8-11-26(34-2)12-9-22/h3,5-12,17-18H,4,13-16,19-20H2,1-2H3,(H,30,33). The van der Waals surface area contributed by atoms with Gasteiger partial charge in [-0.2, -0.15) is 0 Å². The molecule has 0 aromatic heterocycles. The van der Waals surface area contributed by atoms with Gasteiger partial charge in [-0.05, 0) is 79.5 Å². The molecule has 0 spiro atoms. The highest BCUT2D eigenvalue weighted by molar-refractivity contribution is 6.04. The van der Waals surface area contributed by atoms with E-state index < -0.39 is 0 Å². The predicted octanol–water partition coefficient (Wildman–Crippen LogP) is 5.10. The Labute approximate surface area is 201 Å². The van der Waals surface area contributed by atoms with Gasteiger partial charge < -0.3 is 10.1 Å². The topological polar surface area (TPSA) is 44.8 Å². The summed E-state index contributed by atoms with van der Waals surface area (Å²) < 4.78 is 19.1. The van der Waals surface area contributed by atoms with Crippen LogP contribution in [0.15, 0.2) is 66.7 Å². The highest BCUT2D eigenvalue weighted by Gasteiger charge is 2.16. The summed E-state index contributed by atoms with van der Waals surface area (Å²) in [6, 6.07) is 20.7. The van der Waals surface area contributed by atoms with Gasteiger partial charge in [-0.1, -0.05) is 30.3 Å². The monoisotopic (exact) mass is 461 g/mol. The Hall–Kier alpha value is -3.22. The quantitative estimate of drug-likeness (QED) is 0.532. The molecule has 0 atom stereocenters. The molecule has 1 amide bonds. The maximum absolute atomic E-state index is 13.8. The van der Waals surface area contributed by atoms with Crippen LogP contribution in [0.5, 0.6) is 5.75 Å². The van der Waals surface area contributed by atoms with Crippen LogP contribution in [0.2, 0.25) is 0 Å². The van der Waals surface area contributed by atoms with Crippen LogP contribution in [0.3, 0.4) is 0 Å². The lowest BCUT2D eigenvalue weighted by atomic mass is 10.1. The first-order valence-corrected chi connectivity index (χ1v) is 11.7. The highest BCUT2D eigenvalue weighted by Crippen LogP contribution is 2.17. The summed E-state index contributed by atoms with van der Waals surface area (Å²) in [4.78, 5) is 17.6. The van der Waals surface area contributed by atoms with Crippen molar-refractivity contribution in [3.8, 4) is 5.75 Å². The third-order valence-electron chi connectivity index (χ3n) is 6.27. The fourth-order valence-electron chi connectivity index (χ4n) is 4.27. The van der Waals surface area contributed by atoms with E-state index in [9.17, 15) is 9.18 Å². The van der Waals surface area contributed by atoms with E-state index >= 15 is 0 Å². The molecular weight excluding hydrogens is 429 g/mol. The number of nitrogens with zero attached hydrogens (tertiary/aromatic N) is 2. The molecule has 34 heavy (non-hydrogen) atoms. The molecular formula is C28H32FN3O2. The van der Waals surface area contributed by atoms with Gasteiger partial charge in [0.2, 0.25) is 0 Å². The third kappa shape index (κ3) is 6.43. The second-order valence-electron chi connectivity index (χ2n) is 8.87. The summed E-state index contributed by atoms with van der Waals surface area (Å²) >= 11 is 0. The van der Waals surface area contributed by atoms with E-state index in [1.165, 1.54) is 11.6 Å². The number of hydrogen-bond donors (Lipinski definition) is 1. The summed E-state index contributed by atoms with van der Waals surface area (Å²) in [7, 11) is 1.69. The van der Waals surface area contributed by atoms with Crippen LogP contribution in [0.4, 0.5) is 10.1 Å². The van der Waals surface area contributed by atoms with Gasteiger partial charge in [-0.3, -0.25) is 14.6 Å². The van der Waals surface area contributed by atoms with E-state index in [2.05, 4.69) is 33.3 Å². The molecule has 0 saturated carbocycles. The van der Waals surface area contributed by atoms with Crippen LogP contribution in [0.25, 0.3) is 0 Å². The number of hydrogen-bond acceptors (Lipinski definition) is 4. The summed E-state index contributed by atoms with van der Waals surface area (Å²) in [5.74, 6) is 0.327. The van der Waals surface area contributed by atoms with E-state index in [0.717, 1.165) is 57.0 Å². The van der Waals surface area contributed by atoms with Gasteiger partial charge in [-0.15, -0.1) is 0 Å². The van der Waals surface area contributed by atoms with Gasteiger partial charge in [0, 0.05) is 37.4 Å². The van der Waals surface area contributed by atoms with Crippen molar-refractivity contribution in [2.45, 2.75) is 26.4 Å². The Kier molecular flexibility index (Phi) is 7.93. The van der Waals surface area contributed by atoms with E-state index in [1.807, 2.05) is 24.3 Å². The molecule has 0 bridgehead atoms. The Balaban J connectivity index is 1.32. The number of rotatable bonds is 7. The molecule has 0 unspecified atom stereocenters. The Morgan fingerprint density at radius 3 is 2.29 bits per heavy atom. The molecule has 6 heteroatoms. The number of carbonyl (C=O) groups excluding carboxylic acids is 1. The number of anilines is 1. The number of halogens is 1. The molecule has 1 saturated heterocycles. The third-order valence-corrected chi connectivity index (χ3v) is 6.27. The SMILES string of the molecule is COc1ccc(CN2CCCN(Cc3cccc(C(=O)Nc4ccc(C)c(F)c4)c3)CC2)cc1. The van der Waals surface area contributed by atoms with Gasteiger partial charge >= 0.3 is 0 Å². The fraction of sp³-hybridized carbons (Fsp3) is 0.321. The molecule has 0 aliphatic carbocycles. The van der Waals surface area contributed by atoms with Crippen LogP contribution < -0.4 is 10.1 Å². The molecule has 0 radical (unpaired) electrons. The van der Waals surface area contributed by atoms with Crippen LogP contribution in [0.1, 0.15) is 33.5 Å². The second-order valence-corrected chi connectivity index (χ2v) is 8.87. The van der Waals surface area contributed by atoms with Crippen LogP contribution >= 0.6 is 0 Å². The van der Waals surface area contributed by atoms with Gasteiger partial charge in [0.1, 0.15) is 11.6 Å². The number of benzene rings is 3. The molecule has 1 N–H and O–H groups in total. The molecule has 5 nitrogen and oxygen atoms in total. The van der Waals surface area contributed by atoms with Crippen molar-refractivity contribution in [2.24, 2.45) is 0 Å². The Morgan fingerprint density at radius 2 is 1.62 bits per heavy atom. The molecule has 1 aliphatic rings. The van der Waals surface area contributed by atoms with Crippen molar-refractivity contribution in [1.82, 2.24) is 9.80 Å². The number of carbonyl (C=O) groups is 1. The van der Waals surface area contributed by atoms with Crippen LogP contribution in [0, 0.1) is 12.7 Å². The normalized spacial score (nSPS) is 15.0. The van der Waals surface area contributed by atoms with Crippen LogP contribution in [-0.4, -0.2) is 49.0 Å². The summed E-state index contributed by atoms with van der Waals surface area (Å²) in [6.07, 6.45) is 1.11. The number of methoxy groups -OCH3 is 1. The number of nitrogens with one attached hydrogen (secondary N) is 1. The van der Waals surface area contributed by atoms with Gasteiger partial charge in [0.15, 0.2) is 0 Å². The molecule has 1 heterocycles. The summed E-state index contributed by atoms with van der Waals surface area (Å²) in [5, 5.41) is 2.80. The predicted molar refractivity (Wildman–Crippen MR) is 134 cm³/mol. The average molecular weight is 462 g/mol. The molecule has 4 rings (SSSR count). The molecule has 178 valence electrons. The maximum Gasteiger partial charge on any atom is 0.255 e. The number of ether oxygens (including phenoxy) is 1. The molecule has 3 aromatic carbocycles. The van der Waals surface area contributed by atoms with Crippen molar-refractivity contribution in [1.29, 1.82) is 0 Å². The minimum absolute atomic E-state index is 0.230. The average Bonchev–Trinajstić information content (AvgIpc) is 3.07. The van der Waals surface area contributed by atoms with Crippen molar-refractivity contribution >= 4 is 11.6 Å². The molecule has 3 aromatic rings. The first kappa shape index (κ1) is 23.9. The summed E-state index contributed by atoms with van der Waals surface area (Å²) in [6.45, 7) is 7.52. The smallest absolute Gasteiger partial charge is 0.255 e. The number of amides is 1. The minimum atomic E-state index is -0.325. The van der Waals surface area contributed by atoms with E-state index in [-0.39, 0.29) is 11.7 Å². The van der Waals surface area contributed by atoms with Crippen molar-refractivity contribution < 1.29 is 13.9 Å². The zero-order chi connectivity index (χ0) is 23.9. The second kappa shape index (κ2) is 11.3. The van der Waals surface area contributed by atoms with Crippen molar-refractivity contribution in [3.05, 3.63) is 94.8 Å².